The normalized spacial score (nSPS) is 18.1. The molecule has 1 heterocycles. The minimum Gasteiger partial charge on any atom is -0.495 e. The molecule has 0 bridgehead atoms. The van der Waals surface area contributed by atoms with Crippen LogP contribution in [0.3, 0.4) is 0 Å². The average Bonchev–Trinajstić information content (AvgIpc) is 2.63. The average molecular weight is 228 g/mol. The molecule has 1 aliphatic heterocycles. The van der Waals surface area contributed by atoms with Crippen LogP contribution in [0.4, 0.5) is 5.69 Å². The number of halogens is 1. The fourth-order valence-electron chi connectivity index (χ4n) is 1.78. The molecule has 0 fully saturated rings. The number of anilines is 1. The van der Waals surface area contributed by atoms with E-state index in [1.54, 1.807) is 19.2 Å². The highest BCUT2D eigenvalue weighted by Crippen LogP contribution is 2.42. The number of rotatable bonds is 2. The number of methoxy groups -OCH3 is 1. The van der Waals surface area contributed by atoms with Gasteiger partial charge in [0.05, 0.1) is 12.8 Å². The van der Waals surface area contributed by atoms with Gasteiger partial charge in [-0.2, -0.15) is 0 Å². The number of carboxylic acids is 1. The van der Waals surface area contributed by atoms with E-state index in [1.807, 2.05) is 0 Å². The van der Waals surface area contributed by atoms with Gasteiger partial charge in [-0.1, -0.05) is 11.6 Å². The molecule has 0 radical (unpaired) electrons. The Morgan fingerprint density at radius 3 is 3.00 bits per heavy atom. The molecule has 0 amide bonds. The van der Waals surface area contributed by atoms with Crippen LogP contribution in [0.5, 0.6) is 5.75 Å². The molecule has 1 unspecified atom stereocenters. The SMILES string of the molecule is COc1ccc(Cl)c2c1NCC2C(=O)O. The Morgan fingerprint density at radius 2 is 2.40 bits per heavy atom. The third kappa shape index (κ3) is 1.51. The number of carbonyl (C=O) groups is 1. The molecule has 1 aromatic rings. The molecule has 0 spiro atoms. The van der Waals surface area contributed by atoms with Crippen molar-refractivity contribution in [2.45, 2.75) is 5.92 Å². The number of nitrogens with one attached hydrogen (secondary N) is 1. The van der Waals surface area contributed by atoms with E-state index in [-0.39, 0.29) is 0 Å². The third-order valence-corrected chi connectivity index (χ3v) is 2.83. The second-order valence-electron chi connectivity index (χ2n) is 3.31. The van der Waals surface area contributed by atoms with Crippen molar-refractivity contribution in [3.8, 4) is 5.75 Å². The standard InChI is InChI=1S/C10H10ClNO3/c1-15-7-3-2-6(11)8-5(10(13)14)4-12-9(7)8/h2-3,5,12H,4H2,1H3,(H,13,14). The molecule has 0 saturated carbocycles. The van der Waals surface area contributed by atoms with E-state index in [0.29, 0.717) is 28.6 Å². The van der Waals surface area contributed by atoms with Crippen LogP contribution in [0.2, 0.25) is 5.02 Å². The predicted octanol–water partition coefficient (Wildman–Crippen LogP) is 1.94. The lowest BCUT2D eigenvalue weighted by Gasteiger charge is -2.09. The predicted molar refractivity (Wildman–Crippen MR) is 56.9 cm³/mol. The Morgan fingerprint density at radius 1 is 1.67 bits per heavy atom. The van der Waals surface area contributed by atoms with Gasteiger partial charge in [0.2, 0.25) is 0 Å². The molecule has 1 atom stereocenters. The summed E-state index contributed by atoms with van der Waals surface area (Å²) in [6.07, 6.45) is 0. The molecule has 2 rings (SSSR count). The summed E-state index contributed by atoms with van der Waals surface area (Å²) in [6.45, 7) is 0.352. The van der Waals surface area contributed by atoms with E-state index < -0.39 is 11.9 Å². The van der Waals surface area contributed by atoms with Crippen molar-refractivity contribution in [3.63, 3.8) is 0 Å². The fraction of sp³-hybridized carbons (Fsp3) is 0.300. The highest BCUT2D eigenvalue weighted by molar-refractivity contribution is 6.32. The van der Waals surface area contributed by atoms with E-state index in [1.165, 1.54) is 0 Å². The lowest BCUT2D eigenvalue weighted by Crippen LogP contribution is -2.13. The summed E-state index contributed by atoms with van der Waals surface area (Å²) in [4.78, 5) is 11.0. The van der Waals surface area contributed by atoms with E-state index in [0.717, 1.165) is 0 Å². The first kappa shape index (κ1) is 10.1. The van der Waals surface area contributed by atoms with Gasteiger partial charge >= 0.3 is 5.97 Å². The summed E-state index contributed by atoms with van der Waals surface area (Å²) >= 11 is 5.98. The van der Waals surface area contributed by atoms with Gasteiger partial charge in [-0.15, -0.1) is 0 Å². The number of aliphatic carboxylic acids is 1. The maximum Gasteiger partial charge on any atom is 0.312 e. The molecule has 5 heteroatoms. The number of carboxylic acid groups (broad SMARTS) is 1. The van der Waals surface area contributed by atoms with Crippen LogP contribution in [-0.2, 0) is 4.79 Å². The summed E-state index contributed by atoms with van der Waals surface area (Å²) < 4.78 is 5.13. The van der Waals surface area contributed by atoms with Crippen molar-refractivity contribution >= 4 is 23.3 Å². The first-order valence-electron chi connectivity index (χ1n) is 4.48. The highest BCUT2D eigenvalue weighted by Gasteiger charge is 2.32. The molecule has 0 aliphatic carbocycles. The molecule has 0 saturated heterocycles. The number of hydrogen-bond acceptors (Lipinski definition) is 3. The molecule has 0 aromatic heterocycles. The summed E-state index contributed by atoms with van der Waals surface area (Å²) in [5.74, 6) is -0.850. The van der Waals surface area contributed by atoms with Gasteiger partial charge in [-0.25, -0.2) is 0 Å². The minimum absolute atomic E-state index is 0.352. The zero-order valence-corrected chi connectivity index (χ0v) is 8.84. The lowest BCUT2D eigenvalue weighted by atomic mass is 10.0. The number of fused-ring (bicyclic) bond motifs is 1. The van der Waals surface area contributed by atoms with Crippen LogP contribution in [0.15, 0.2) is 12.1 Å². The molecule has 80 valence electrons. The fourth-order valence-corrected chi connectivity index (χ4v) is 2.07. The van der Waals surface area contributed by atoms with Crippen molar-refractivity contribution in [2.75, 3.05) is 19.0 Å². The van der Waals surface area contributed by atoms with Crippen molar-refractivity contribution in [1.29, 1.82) is 0 Å². The van der Waals surface area contributed by atoms with Crippen LogP contribution >= 0.6 is 11.6 Å². The number of ether oxygens (including phenoxy) is 1. The second-order valence-corrected chi connectivity index (χ2v) is 3.72. The Balaban J connectivity index is 2.56. The van der Waals surface area contributed by atoms with Gasteiger partial charge in [-0.3, -0.25) is 4.79 Å². The summed E-state index contributed by atoms with van der Waals surface area (Å²) in [5, 5.41) is 12.5. The largest absolute Gasteiger partial charge is 0.495 e. The lowest BCUT2D eigenvalue weighted by molar-refractivity contribution is -0.138. The third-order valence-electron chi connectivity index (χ3n) is 2.50. The first-order valence-corrected chi connectivity index (χ1v) is 4.86. The second kappa shape index (κ2) is 3.62. The monoisotopic (exact) mass is 227 g/mol. The summed E-state index contributed by atoms with van der Waals surface area (Å²) in [7, 11) is 1.54. The van der Waals surface area contributed by atoms with Crippen LogP contribution in [0.1, 0.15) is 11.5 Å². The van der Waals surface area contributed by atoms with Crippen LogP contribution in [0.25, 0.3) is 0 Å². The van der Waals surface area contributed by atoms with Gasteiger partial charge < -0.3 is 15.2 Å². The Kier molecular flexibility index (Phi) is 2.44. The van der Waals surface area contributed by atoms with Gasteiger partial charge in [0.15, 0.2) is 0 Å². The van der Waals surface area contributed by atoms with Crippen molar-refractivity contribution in [1.82, 2.24) is 0 Å². The molecule has 4 nitrogen and oxygen atoms in total. The molecule has 1 aromatic carbocycles. The quantitative estimate of drug-likeness (QED) is 0.811. The van der Waals surface area contributed by atoms with Crippen LogP contribution < -0.4 is 10.1 Å². The van der Waals surface area contributed by atoms with E-state index in [9.17, 15) is 4.79 Å². The van der Waals surface area contributed by atoms with Crippen LogP contribution in [-0.4, -0.2) is 24.7 Å². The van der Waals surface area contributed by atoms with Gasteiger partial charge in [0.25, 0.3) is 0 Å². The van der Waals surface area contributed by atoms with E-state index in [4.69, 9.17) is 21.4 Å². The topological polar surface area (TPSA) is 58.6 Å². The highest BCUT2D eigenvalue weighted by atomic mass is 35.5. The number of benzene rings is 1. The molecule has 15 heavy (non-hydrogen) atoms. The summed E-state index contributed by atoms with van der Waals surface area (Å²) in [6, 6.07) is 3.38. The smallest absolute Gasteiger partial charge is 0.312 e. The Labute approximate surface area is 91.8 Å². The maximum absolute atomic E-state index is 11.0. The maximum atomic E-state index is 11.0. The molecule has 1 aliphatic rings. The van der Waals surface area contributed by atoms with Crippen molar-refractivity contribution in [2.24, 2.45) is 0 Å². The van der Waals surface area contributed by atoms with Gasteiger partial charge in [-0.05, 0) is 12.1 Å². The Bertz CT molecular complexity index is 419. The zero-order valence-electron chi connectivity index (χ0n) is 8.08. The molecule has 2 N–H and O–H groups in total. The van der Waals surface area contributed by atoms with E-state index >= 15 is 0 Å². The van der Waals surface area contributed by atoms with Crippen molar-refractivity contribution in [3.05, 3.63) is 22.7 Å². The Hall–Kier alpha value is -1.42. The van der Waals surface area contributed by atoms with Crippen LogP contribution in [0, 0.1) is 0 Å². The van der Waals surface area contributed by atoms with Gasteiger partial charge in [0.1, 0.15) is 11.7 Å². The van der Waals surface area contributed by atoms with Crippen molar-refractivity contribution < 1.29 is 14.6 Å². The summed E-state index contributed by atoms with van der Waals surface area (Å²) in [5.41, 5.74) is 1.31. The molecular weight excluding hydrogens is 218 g/mol. The number of hydrogen-bond donors (Lipinski definition) is 2. The minimum atomic E-state index is -0.878. The van der Waals surface area contributed by atoms with Gasteiger partial charge in [0, 0.05) is 17.1 Å². The molecular formula is C10H10ClNO3. The van der Waals surface area contributed by atoms with E-state index in [2.05, 4.69) is 5.32 Å². The first-order chi connectivity index (χ1) is 7.15. The zero-order chi connectivity index (χ0) is 11.0.